The van der Waals surface area contributed by atoms with Gasteiger partial charge in [-0.05, 0) is 24.1 Å². The van der Waals surface area contributed by atoms with Crippen molar-refractivity contribution in [1.29, 1.82) is 0 Å². The number of rotatable bonds is 5. The SMILES string of the molecule is Cc1ccc(-c2scc(NC(=O)c3sc(-c4ccccc4)cc3Cl)c2C(=O)O)cc1. The number of anilines is 1. The molecular formula is C23H16ClNO3S2. The van der Waals surface area contributed by atoms with E-state index < -0.39 is 11.9 Å². The zero-order valence-electron chi connectivity index (χ0n) is 15.8. The van der Waals surface area contributed by atoms with Crippen molar-refractivity contribution in [2.45, 2.75) is 6.92 Å². The summed E-state index contributed by atoms with van der Waals surface area (Å²) >= 11 is 8.86. The van der Waals surface area contributed by atoms with E-state index in [1.54, 1.807) is 11.4 Å². The van der Waals surface area contributed by atoms with Crippen molar-refractivity contribution in [3.8, 4) is 20.9 Å². The van der Waals surface area contributed by atoms with Crippen LogP contribution in [-0.4, -0.2) is 17.0 Å². The smallest absolute Gasteiger partial charge is 0.339 e. The summed E-state index contributed by atoms with van der Waals surface area (Å²) in [6.45, 7) is 1.97. The van der Waals surface area contributed by atoms with Gasteiger partial charge in [0.2, 0.25) is 0 Å². The molecule has 0 spiro atoms. The van der Waals surface area contributed by atoms with Crippen LogP contribution in [0.25, 0.3) is 20.9 Å². The zero-order valence-corrected chi connectivity index (χ0v) is 18.2. The highest BCUT2D eigenvalue weighted by atomic mass is 35.5. The summed E-state index contributed by atoms with van der Waals surface area (Å²) in [5, 5.41) is 14.5. The van der Waals surface area contributed by atoms with Crippen molar-refractivity contribution in [2.24, 2.45) is 0 Å². The maximum Gasteiger partial charge on any atom is 0.339 e. The molecule has 30 heavy (non-hydrogen) atoms. The zero-order chi connectivity index (χ0) is 21.3. The molecule has 0 unspecified atom stereocenters. The fraction of sp³-hybridized carbons (Fsp3) is 0.0435. The summed E-state index contributed by atoms with van der Waals surface area (Å²) in [5.74, 6) is -1.52. The Morgan fingerprint density at radius 1 is 1.00 bits per heavy atom. The second-order valence-corrected chi connectivity index (χ2v) is 8.97. The van der Waals surface area contributed by atoms with E-state index in [0.717, 1.165) is 21.6 Å². The molecule has 0 bridgehead atoms. The van der Waals surface area contributed by atoms with Crippen LogP contribution in [0.4, 0.5) is 5.69 Å². The van der Waals surface area contributed by atoms with Gasteiger partial charge in [0.25, 0.3) is 5.91 Å². The number of carbonyl (C=O) groups excluding carboxylic acids is 1. The lowest BCUT2D eigenvalue weighted by Gasteiger charge is -2.06. The molecular weight excluding hydrogens is 438 g/mol. The number of carbonyl (C=O) groups is 2. The van der Waals surface area contributed by atoms with Crippen LogP contribution in [0, 0.1) is 6.92 Å². The third-order valence-electron chi connectivity index (χ3n) is 4.52. The monoisotopic (exact) mass is 453 g/mol. The molecule has 2 heterocycles. The minimum atomic E-state index is -1.09. The number of amides is 1. The Hall–Kier alpha value is -2.93. The maximum atomic E-state index is 12.9. The number of carboxylic acid groups (broad SMARTS) is 1. The Morgan fingerprint density at radius 2 is 1.70 bits per heavy atom. The lowest BCUT2D eigenvalue weighted by atomic mass is 10.1. The molecule has 2 aromatic heterocycles. The first-order valence-electron chi connectivity index (χ1n) is 9.02. The topological polar surface area (TPSA) is 66.4 Å². The predicted octanol–water partition coefficient (Wildman–Crippen LogP) is 7.06. The molecule has 0 aliphatic carbocycles. The van der Waals surface area contributed by atoms with Crippen molar-refractivity contribution < 1.29 is 14.7 Å². The van der Waals surface area contributed by atoms with E-state index in [2.05, 4.69) is 5.32 Å². The average Bonchev–Trinajstić information content (AvgIpc) is 3.33. The van der Waals surface area contributed by atoms with E-state index in [-0.39, 0.29) is 11.3 Å². The molecule has 0 radical (unpaired) electrons. The molecule has 7 heteroatoms. The number of halogens is 1. The van der Waals surface area contributed by atoms with Crippen molar-refractivity contribution in [2.75, 3.05) is 5.32 Å². The minimum absolute atomic E-state index is 0.0770. The second-order valence-electron chi connectivity index (χ2n) is 6.63. The van der Waals surface area contributed by atoms with Crippen LogP contribution in [0.1, 0.15) is 25.6 Å². The van der Waals surface area contributed by atoms with E-state index >= 15 is 0 Å². The third kappa shape index (κ3) is 4.03. The van der Waals surface area contributed by atoms with E-state index in [0.29, 0.717) is 14.8 Å². The van der Waals surface area contributed by atoms with Gasteiger partial charge >= 0.3 is 5.97 Å². The van der Waals surface area contributed by atoms with Crippen LogP contribution in [-0.2, 0) is 0 Å². The molecule has 1 amide bonds. The van der Waals surface area contributed by atoms with Gasteiger partial charge < -0.3 is 10.4 Å². The number of aryl methyl sites for hydroxylation is 1. The minimum Gasteiger partial charge on any atom is -0.478 e. The summed E-state index contributed by atoms with van der Waals surface area (Å²) in [5.41, 5.74) is 3.19. The number of carboxylic acids is 1. The van der Waals surface area contributed by atoms with E-state index in [4.69, 9.17) is 11.6 Å². The predicted molar refractivity (Wildman–Crippen MR) is 124 cm³/mol. The van der Waals surface area contributed by atoms with Crippen molar-refractivity contribution >= 4 is 51.8 Å². The number of aromatic carboxylic acids is 1. The van der Waals surface area contributed by atoms with Crippen molar-refractivity contribution in [3.63, 3.8) is 0 Å². The number of thiophene rings is 2. The summed E-state index contributed by atoms with van der Waals surface area (Å²) < 4.78 is 0. The number of hydrogen-bond donors (Lipinski definition) is 2. The van der Waals surface area contributed by atoms with Crippen molar-refractivity contribution in [1.82, 2.24) is 0 Å². The fourth-order valence-electron chi connectivity index (χ4n) is 3.03. The van der Waals surface area contributed by atoms with Crippen molar-refractivity contribution in [3.05, 3.63) is 87.1 Å². The van der Waals surface area contributed by atoms with Crippen LogP contribution < -0.4 is 5.32 Å². The third-order valence-corrected chi connectivity index (χ3v) is 7.14. The lowest BCUT2D eigenvalue weighted by Crippen LogP contribution is -2.13. The Labute approximate surface area is 186 Å². The highest BCUT2D eigenvalue weighted by Crippen LogP contribution is 2.38. The van der Waals surface area contributed by atoms with Gasteiger partial charge in [0, 0.05) is 10.3 Å². The Morgan fingerprint density at radius 3 is 2.37 bits per heavy atom. The molecule has 2 aromatic carbocycles. The molecule has 0 saturated carbocycles. The largest absolute Gasteiger partial charge is 0.478 e. The number of benzene rings is 2. The highest BCUT2D eigenvalue weighted by Gasteiger charge is 2.23. The normalized spacial score (nSPS) is 10.7. The van der Waals surface area contributed by atoms with Gasteiger partial charge in [0.1, 0.15) is 10.4 Å². The Balaban J connectivity index is 1.65. The molecule has 4 rings (SSSR count). The molecule has 4 aromatic rings. The maximum absolute atomic E-state index is 12.9. The van der Waals surface area contributed by atoms with Crippen LogP contribution in [0.5, 0.6) is 0 Å². The Kier molecular flexibility index (Phi) is 5.72. The van der Waals surface area contributed by atoms with Gasteiger partial charge in [0.05, 0.1) is 15.6 Å². The molecule has 0 fully saturated rings. The highest BCUT2D eigenvalue weighted by molar-refractivity contribution is 7.18. The first-order chi connectivity index (χ1) is 14.4. The molecule has 0 saturated heterocycles. The van der Waals surface area contributed by atoms with Gasteiger partial charge in [-0.2, -0.15) is 0 Å². The van der Waals surface area contributed by atoms with E-state index in [9.17, 15) is 14.7 Å². The summed E-state index contributed by atoms with van der Waals surface area (Å²) in [6, 6.07) is 19.0. The van der Waals surface area contributed by atoms with E-state index in [1.165, 1.54) is 22.7 Å². The molecule has 0 aliphatic rings. The quantitative estimate of drug-likeness (QED) is 0.340. The van der Waals surface area contributed by atoms with Crippen LogP contribution >= 0.6 is 34.3 Å². The Bertz CT molecular complexity index is 1230. The van der Waals surface area contributed by atoms with Gasteiger partial charge in [-0.15, -0.1) is 22.7 Å². The molecule has 0 aliphatic heterocycles. The average molecular weight is 454 g/mol. The van der Waals surface area contributed by atoms with Gasteiger partial charge in [-0.25, -0.2) is 4.79 Å². The first kappa shape index (κ1) is 20.3. The molecule has 2 N–H and O–H groups in total. The number of hydrogen-bond acceptors (Lipinski definition) is 4. The van der Waals surface area contributed by atoms with Crippen LogP contribution in [0.2, 0.25) is 5.02 Å². The molecule has 150 valence electrons. The fourth-order valence-corrected chi connectivity index (χ4v) is 5.35. The second kappa shape index (κ2) is 8.44. The van der Waals surface area contributed by atoms with Gasteiger partial charge in [-0.1, -0.05) is 71.8 Å². The molecule has 4 nitrogen and oxygen atoms in total. The first-order valence-corrected chi connectivity index (χ1v) is 11.1. The summed E-state index contributed by atoms with van der Waals surface area (Å²) in [7, 11) is 0. The van der Waals surface area contributed by atoms with Gasteiger partial charge in [-0.3, -0.25) is 4.79 Å². The number of nitrogens with one attached hydrogen (secondary N) is 1. The molecule has 0 atom stereocenters. The lowest BCUT2D eigenvalue weighted by molar-refractivity contribution is 0.0699. The van der Waals surface area contributed by atoms with Crippen LogP contribution in [0.3, 0.4) is 0 Å². The van der Waals surface area contributed by atoms with E-state index in [1.807, 2.05) is 61.5 Å². The standard InChI is InChI=1S/C23H16ClNO3S2/c1-13-7-9-15(10-8-13)20-19(23(27)28)17(12-29-20)25-22(26)21-16(24)11-18(30-21)14-5-3-2-4-6-14/h2-12H,1H3,(H,25,26)(H,27,28). The summed E-state index contributed by atoms with van der Waals surface area (Å²) in [4.78, 5) is 26.6. The van der Waals surface area contributed by atoms with Crippen LogP contribution in [0.15, 0.2) is 66.0 Å². The summed E-state index contributed by atoms with van der Waals surface area (Å²) in [6.07, 6.45) is 0. The van der Waals surface area contributed by atoms with Gasteiger partial charge in [0.15, 0.2) is 0 Å².